The Morgan fingerprint density at radius 3 is 2.34 bits per heavy atom. The third-order valence-electron chi connectivity index (χ3n) is 6.40. The number of rotatable bonds is 5. The average molecular weight is 393 g/mol. The van der Waals surface area contributed by atoms with Crippen LogP contribution in [0.1, 0.15) is 42.6 Å². The van der Waals surface area contributed by atoms with E-state index in [4.69, 9.17) is 0 Å². The molecule has 2 aromatic carbocycles. The third kappa shape index (κ3) is 3.56. The Morgan fingerprint density at radius 1 is 0.966 bits per heavy atom. The summed E-state index contributed by atoms with van der Waals surface area (Å²) in [5, 5.41) is 23.6. The number of halogens is 1. The molecule has 0 amide bonds. The van der Waals surface area contributed by atoms with Crippen LogP contribution in [-0.4, -0.2) is 42.3 Å². The quantitative estimate of drug-likeness (QED) is 0.722. The van der Waals surface area contributed by atoms with Gasteiger partial charge in [0.05, 0.1) is 18.7 Å². The molecule has 2 bridgehead atoms. The van der Waals surface area contributed by atoms with Gasteiger partial charge in [-0.2, -0.15) is 0 Å². The van der Waals surface area contributed by atoms with Crippen molar-refractivity contribution in [2.24, 2.45) is 0 Å². The van der Waals surface area contributed by atoms with Crippen LogP contribution in [0.3, 0.4) is 0 Å². The van der Waals surface area contributed by atoms with E-state index in [0.29, 0.717) is 25.9 Å². The molecule has 5 rings (SSSR count). The van der Waals surface area contributed by atoms with E-state index in [9.17, 15) is 9.50 Å². The van der Waals surface area contributed by atoms with E-state index in [1.54, 1.807) is 12.1 Å². The third-order valence-corrected chi connectivity index (χ3v) is 6.40. The number of aliphatic hydroxyl groups is 1. The standard InChI is InChI=1S/C22H24FN5O/c23-18-8-6-17(7-9-18)22(29)12-19-10-11-20(13-22)27(19)15-21-24-25-26-28(21)14-16-4-2-1-3-5-16/h1-9,19-20,29H,10-15H2/t19-,20-/m1/s1. The van der Waals surface area contributed by atoms with E-state index < -0.39 is 5.60 Å². The van der Waals surface area contributed by atoms with Crippen molar-refractivity contribution in [1.29, 1.82) is 0 Å². The van der Waals surface area contributed by atoms with Crippen LogP contribution in [-0.2, 0) is 18.7 Å². The highest BCUT2D eigenvalue weighted by molar-refractivity contribution is 5.25. The van der Waals surface area contributed by atoms with Crippen LogP contribution in [0.5, 0.6) is 0 Å². The number of nitrogens with zero attached hydrogens (tertiary/aromatic N) is 5. The molecule has 1 aromatic heterocycles. The smallest absolute Gasteiger partial charge is 0.165 e. The molecule has 7 heteroatoms. The van der Waals surface area contributed by atoms with Gasteiger partial charge in [-0.25, -0.2) is 9.07 Å². The predicted octanol–water partition coefficient (Wildman–Crippen LogP) is 2.88. The summed E-state index contributed by atoms with van der Waals surface area (Å²) >= 11 is 0. The summed E-state index contributed by atoms with van der Waals surface area (Å²) in [6.07, 6.45) is 3.40. The Hall–Kier alpha value is -2.64. The summed E-state index contributed by atoms with van der Waals surface area (Å²) in [6, 6.07) is 17.0. The molecule has 2 fully saturated rings. The summed E-state index contributed by atoms with van der Waals surface area (Å²) in [6.45, 7) is 1.32. The molecule has 29 heavy (non-hydrogen) atoms. The molecule has 2 aliphatic rings. The molecule has 2 saturated heterocycles. The van der Waals surface area contributed by atoms with Gasteiger partial charge in [-0.15, -0.1) is 5.10 Å². The second-order valence-corrected chi connectivity index (χ2v) is 8.24. The van der Waals surface area contributed by atoms with Crippen LogP contribution in [0, 0.1) is 5.82 Å². The second-order valence-electron chi connectivity index (χ2n) is 8.24. The highest BCUT2D eigenvalue weighted by Crippen LogP contribution is 2.46. The van der Waals surface area contributed by atoms with Crippen molar-refractivity contribution in [3.05, 3.63) is 77.4 Å². The number of tetrazole rings is 1. The maximum absolute atomic E-state index is 13.3. The van der Waals surface area contributed by atoms with Crippen molar-refractivity contribution in [3.8, 4) is 0 Å². The van der Waals surface area contributed by atoms with E-state index in [-0.39, 0.29) is 17.9 Å². The number of hydrogen-bond donors (Lipinski definition) is 1. The number of fused-ring (bicyclic) bond motifs is 2. The Balaban J connectivity index is 1.32. The summed E-state index contributed by atoms with van der Waals surface area (Å²) in [7, 11) is 0. The van der Waals surface area contributed by atoms with Gasteiger partial charge in [-0.05, 0) is 59.4 Å². The minimum Gasteiger partial charge on any atom is -0.385 e. The van der Waals surface area contributed by atoms with Gasteiger partial charge in [0, 0.05) is 12.1 Å². The van der Waals surface area contributed by atoms with Crippen molar-refractivity contribution in [3.63, 3.8) is 0 Å². The highest BCUT2D eigenvalue weighted by Gasteiger charge is 2.48. The van der Waals surface area contributed by atoms with E-state index >= 15 is 0 Å². The second kappa shape index (κ2) is 7.31. The van der Waals surface area contributed by atoms with Gasteiger partial charge in [0.25, 0.3) is 0 Å². The first-order chi connectivity index (χ1) is 14.1. The molecule has 6 nitrogen and oxygen atoms in total. The van der Waals surface area contributed by atoms with Crippen molar-refractivity contribution in [2.45, 2.75) is 56.5 Å². The van der Waals surface area contributed by atoms with Gasteiger partial charge in [0.1, 0.15) is 5.82 Å². The van der Waals surface area contributed by atoms with Crippen LogP contribution >= 0.6 is 0 Å². The largest absolute Gasteiger partial charge is 0.385 e. The fraction of sp³-hybridized carbons (Fsp3) is 0.409. The van der Waals surface area contributed by atoms with Crippen LogP contribution in [0.15, 0.2) is 54.6 Å². The van der Waals surface area contributed by atoms with E-state index in [1.165, 1.54) is 12.1 Å². The average Bonchev–Trinajstić information content (AvgIpc) is 3.25. The van der Waals surface area contributed by atoms with Crippen LogP contribution in [0.2, 0.25) is 0 Å². The molecular weight excluding hydrogens is 369 g/mol. The number of hydrogen-bond acceptors (Lipinski definition) is 5. The minimum absolute atomic E-state index is 0.269. The van der Waals surface area contributed by atoms with Gasteiger partial charge in [0.2, 0.25) is 0 Å². The molecule has 0 aliphatic carbocycles. The van der Waals surface area contributed by atoms with Crippen LogP contribution in [0.4, 0.5) is 4.39 Å². The summed E-state index contributed by atoms with van der Waals surface area (Å²) in [5.74, 6) is 0.570. The molecule has 0 radical (unpaired) electrons. The Labute approximate surface area is 169 Å². The van der Waals surface area contributed by atoms with Crippen LogP contribution in [0.25, 0.3) is 0 Å². The summed E-state index contributed by atoms with van der Waals surface area (Å²) < 4.78 is 15.2. The van der Waals surface area contributed by atoms with E-state index in [1.807, 2.05) is 22.9 Å². The number of piperidine rings is 1. The topological polar surface area (TPSA) is 67.1 Å². The molecule has 3 aromatic rings. The van der Waals surface area contributed by atoms with E-state index in [2.05, 4.69) is 32.6 Å². The first kappa shape index (κ1) is 18.4. The maximum atomic E-state index is 13.3. The molecule has 1 N–H and O–H groups in total. The Bertz CT molecular complexity index is 960. The van der Waals surface area contributed by atoms with Gasteiger partial charge in [0.15, 0.2) is 5.82 Å². The number of aromatic nitrogens is 4. The predicted molar refractivity (Wildman–Crippen MR) is 105 cm³/mol. The van der Waals surface area contributed by atoms with Crippen molar-refractivity contribution in [1.82, 2.24) is 25.1 Å². The molecule has 2 aliphatic heterocycles. The zero-order valence-corrected chi connectivity index (χ0v) is 16.2. The van der Waals surface area contributed by atoms with Gasteiger partial charge < -0.3 is 5.11 Å². The Morgan fingerprint density at radius 2 is 1.66 bits per heavy atom. The van der Waals surface area contributed by atoms with Gasteiger partial charge in [-0.3, -0.25) is 4.90 Å². The molecule has 0 spiro atoms. The normalized spacial score (nSPS) is 26.7. The molecular formula is C22H24FN5O. The summed E-state index contributed by atoms with van der Waals surface area (Å²) in [5.41, 5.74) is 1.07. The maximum Gasteiger partial charge on any atom is 0.165 e. The molecule has 2 atom stereocenters. The SMILES string of the molecule is OC1(c2ccc(F)cc2)C[C@H]2CC[C@H](C1)N2Cc1nnnn1Cc1ccccc1. The summed E-state index contributed by atoms with van der Waals surface area (Å²) in [4.78, 5) is 2.44. The minimum atomic E-state index is -0.897. The molecule has 0 unspecified atom stereocenters. The lowest BCUT2D eigenvalue weighted by Crippen LogP contribution is -2.49. The monoisotopic (exact) mass is 393 g/mol. The zero-order valence-electron chi connectivity index (χ0n) is 16.2. The van der Waals surface area contributed by atoms with Crippen molar-refractivity contribution in [2.75, 3.05) is 0 Å². The molecule has 150 valence electrons. The lowest BCUT2D eigenvalue weighted by atomic mass is 9.80. The molecule has 0 saturated carbocycles. The van der Waals surface area contributed by atoms with Gasteiger partial charge in [-0.1, -0.05) is 42.5 Å². The fourth-order valence-corrected chi connectivity index (χ4v) is 4.95. The lowest BCUT2D eigenvalue weighted by Gasteiger charge is -2.43. The van der Waals surface area contributed by atoms with Crippen molar-refractivity contribution >= 4 is 0 Å². The van der Waals surface area contributed by atoms with Gasteiger partial charge >= 0.3 is 0 Å². The van der Waals surface area contributed by atoms with Crippen LogP contribution < -0.4 is 0 Å². The Kier molecular flexibility index (Phi) is 4.64. The number of benzene rings is 2. The first-order valence-corrected chi connectivity index (χ1v) is 10.1. The zero-order chi connectivity index (χ0) is 19.8. The fourth-order valence-electron chi connectivity index (χ4n) is 4.95. The lowest BCUT2D eigenvalue weighted by molar-refractivity contribution is -0.0604. The van der Waals surface area contributed by atoms with E-state index in [0.717, 1.165) is 29.8 Å². The van der Waals surface area contributed by atoms with Crippen molar-refractivity contribution < 1.29 is 9.50 Å². The first-order valence-electron chi connectivity index (χ1n) is 10.1. The highest BCUT2D eigenvalue weighted by atomic mass is 19.1. The molecule has 3 heterocycles.